The number of nitro benzene ring substituents is 1. The topological polar surface area (TPSA) is 77.2 Å². The number of hydrogen-bond acceptors (Lipinski definition) is 3. The fraction of sp³-hybridized carbons (Fsp3) is 0. The number of para-hydroxylation sites is 1. The molecule has 6 nitrogen and oxygen atoms in total. The van der Waals surface area contributed by atoms with Crippen molar-refractivity contribution in [1.29, 1.82) is 0 Å². The lowest BCUT2D eigenvalue weighted by Crippen LogP contribution is -2.09. The molecule has 0 radical (unpaired) electrons. The average molecular weight is 325 g/mol. The first-order chi connectivity index (χ1) is 11.5. The molecule has 2 aromatic carbocycles. The molecule has 0 aliphatic heterocycles. The summed E-state index contributed by atoms with van der Waals surface area (Å²) < 4.78 is 15.5. The average Bonchev–Trinajstić information content (AvgIpc) is 2.98. The first-order valence-electron chi connectivity index (χ1n) is 7.04. The Morgan fingerprint density at radius 3 is 2.62 bits per heavy atom. The van der Waals surface area contributed by atoms with Gasteiger partial charge in [-0.2, -0.15) is 4.39 Å². The van der Waals surface area contributed by atoms with E-state index in [1.807, 2.05) is 0 Å². The normalized spacial score (nSPS) is 11.5. The van der Waals surface area contributed by atoms with E-state index >= 15 is 0 Å². The lowest BCUT2D eigenvalue weighted by Gasteiger charge is -2.04. The van der Waals surface area contributed by atoms with E-state index in [0.29, 0.717) is 16.6 Å². The van der Waals surface area contributed by atoms with Crippen LogP contribution in [0.2, 0.25) is 0 Å². The molecule has 120 valence electrons. The van der Waals surface area contributed by atoms with Gasteiger partial charge in [0, 0.05) is 29.4 Å². The molecule has 0 fully saturated rings. The minimum absolute atomic E-state index is 0.0774. The molecule has 0 aliphatic carbocycles. The van der Waals surface area contributed by atoms with Gasteiger partial charge in [0.25, 0.3) is 11.6 Å². The predicted octanol–water partition coefficient (Wildman–Crippen LogP) is 3.96. The monoisotopic (exact) mass is 325 g/mol. The van der Waals surface area contributed by atoms with Crippen LogP contribution in [0, 0.1) is 10.1 Å². The minimum Gasteiger partial charge on any atom is -0.322 e. The number of hydrogen-bond donors (Lipinski definition) is 1. The van der Waals surface area contributed by atoms with Crippen LogP contribution in [0.3, 0.4) is 0 Å². The molecule has 1 N–H and O–H groups in total. The number of carbonyl (C=O) groups excluding carboxylic acids is 1. The first kappa shape index (κ1) is 15.4. The highest BCUT2D eigenvalue weighted by atomic mass is 19.1. The zero-order valence-electron chi connectivity index (χ0n) is 12.3. The molecule has 1 amide bonds. The number of anilines is 1. The smallest absolute Gasteiger partial charge is 0.270 e. The maximum absolute atomic E-state index is 14.3. The molecular weight excluding hydrogens is 313 g/mol. The van der Waals surface area contributed by atoms with Gasteiger partial charge in [-0.3, -0.25) is 19.5 Å². The molecule has 0 bridgehead atoms. The highest BCUT2D eigenvalue weighted by Crippen LogP contribution is 2.24. The van der Waals surface area contributed by atoms with E-state index in [0.717, 1.165) is 10.6 Å². The van der Waals surface area contributed by atoms with Gasteiger partial charge in [-0.15, -0.1) is 0 Å². The molecule has 0 atom stereocenters. The van der Waals surface area contributed by atoms with Crippen molar-refractivity contribution >= 4 is 34.1 Å². The molecule has 1 aromatic heterocycles. The van der Waals surface area contributed by atoms with Crippen molar-refractivity contribution in [2.75, 3.05) is 5.32 Å². The lowest BCUT2D eigenvalue weighted by molar-refractivity contribution is -0.384. The van der Waals surface area contributed by atoms with E-state index in [1.54, 1.807) is 36.4 Å². The van der Waals surface area contributed by atoms with Crippen molar-refractivity contribution in [3.05, 3.63) is 77.0 Å². The van der Waals surface area contributed by atoms with Crippen molar-refractivity contribution in [3.63, 3.8) is 0 Å². The largest absolute Gasteiger partial charge is 0.322 e. The quantitative estimate of drug-likeness (QED) is 0.448. The van der Waals surface area contributed by atoms with Gasteiger partial charge < -0.3 is 5.32 Å². The number of benzene rings is 2. The Kier molecular flexibility index (Phi) is 4.07. The zero-order chi connectivity index (χ0) is 17.1. The fourth-order valence-electron chi connectivity index (χ4n) is 2.31. The maximum atomic E-state index is 14.3. The molecule has 7 heteroatoms. The van der Waals surface area contributed by atoms with Gasteiger partial charge in [-0.05, 0) is 24.3 Å². The molecule has 3 aromatic rings. The number of fused-ring (bicyclic) bond motifs is 1. The Labute approximate surface area is 136 Å². The van der Waals surface area contributed by atoms with Gasteiger partial charge in [0.1, 0.15) is 0 Å². The van der Waals surface area contributed by atoms with Crippen LogP contribution in [0.5, 0.6) is 0 Å². The summed E-state index contributed by atoms with van der Waals surface area (Å²) in [6.07, 6.45) is 2.24. The van der Waals surface area contributed by atoms with Gasteiger partial charge in [-0.25, -0.2) is 0 Å². The molecule has 0 saturated carbocycles. The number of non-ortho nitro benzene ring substituents is 1. The Hall–Kier alpha value is -3.48. The number of nitrogens with zero attached hydrogens (tertiary/aromatic N) is 2. The SMILES string of the molecule is O=C(/C=C(\F)n1ccc2cc([N+](=O)[O-])ccc21)Nc1ccccc1. The van der Waals surface area contributed by atoms with Crippen LogP contribution in [0.25, 0.3) is 16.9 Å². The van der Waals surface area contributed by atoms with E-state index in [-0.39, 0.29) is 5.69 Å². The number of halogens is 1. The van der Waals surface area contributed by atoms with Crippen molar-refractivity contribution in [2.45, 2.75) is 0 Å². The summed E-state index contributed by atoms with van der Waals surface area (Å²) in [4.78, 5) is 22.1. The minimum atomic E-state index is -0.785. The Bertz CT molecular complexity index is 948. The standard InChI is InChI=1S/C17H12FN3O3/c18-16(11-17(22)19-13-4-2-1-3-5-13)20-9-8-12-10-14(21(23)24)6-7-15(12)20/h1-11H,(H,19,22)/b16-11+. The predicted molar refractivity (Wildman–Crippen MR) is 89.0 cm³/mol. The molecule has 0 saturated heterocycles. The Balaban J connectivity index is 1.86. The number of rotatable bonds is 4. The van der Waals surface area contributed by atoms with Crippen LogP contribution in [-0.4, -0.2) is 15.4 Å². The van der Waals surface area contributed by atoms with Gasteiger partial charge >= 0.3 is 0 Å². The second kappa shape index (κ2) is 6.33. The highest BCUT2D eigenvalue weighted by Gasteiger charge is 2.11. The van der Waals surface area contributed by atoms with Crippen LogP contribution in [0.15, 0.2) is 66.9 Å². The fourth-order valence-corrected chi connectivity index (χ4v) is 2.31. The first-order valence-corrected chi connectivity index (χ1v) is 7.04. The van der Waals surface area contributed by atoms with Crippen molar-refractivity contribution in [2.24, 2.45) is 0 Å². The van der Waals surface area contributed by atoms with E-state index in [9.17, 15) is 19.3 Å². The van der Waals surface area contributed by atoms with E-state index in [1.165, 1.54) is 24.4 Å². The molecule has 0 unspecified atom stereocenters. The van der Waals surface area contributed by atoms with Crippen LogP contribution >= 0.6 is 0 Å². The summed E-state index contributed by atoms with van der Waals surface area (Å²) in [5.41, 5.74) is 0.910. The van der Waals surface area contributed by atoms with Crippen molar-refractivity contribution in [3.8, 4) is 0 Å². The second-order valence-electron chi connectivity index (χ2n) is 5.01. The van der Waals surface area contributed by atoms with Crippen molar-refractivity contribution < 1.29 is 14.1 Å². The van der Waals surface area contributed by atoms with E-state index < -0.39 is 16.8 Å². The van der Waals surface area contributed by atoms with Gasteiger partial charge in [0.2, 0.25) is 5.95 Å². The molecule has 0 aliphatic rings. The highest BCUT2D eigenvalue weighted by molar-refractivity contribution is 6.02. The summed E-state index contributed by atoms with van der Waals surface area (Å²) in [7, 11) is 0. The molecule has 24 heavy (non-hydrogen) atoms. The number of amides is 1. The third kappa shape index (κ3) is 3.14. The molecule has 3 rings (SSSR count). The van der Waals surface area contributed by atoms with E-state index in [4.69, 9.17) is 0 Å². The van der Waals surface area contributed by atoms with Crippen LogP contribution in [-0.2, 0) is 4.79 Å². The second-order valence-corrected chi connectivity index (χ2v) is 5.01. The number of aromatic nitrogens is 1. The van der Waals surface area contributed by atoms with Gasteiger partial charge in [-0.1, -0.05) is 18.2 Å². The lowest BCUT2D eigenvalue weighted by atomic mass is 10.2. The third-order valence-electron chi connectivity index (χ3n) is 3.41. The summed E-state index contributed by atoms with van der Waals surface area (Å²) in [6, 6.07) is 14.3. The van der Waals surface area contributed by atoms with Crippen LogP contribution in [0.1, 0.15) is 0 Å². The summed E-state index contributed by atoms with van der Waals surface area (Å²) in [5.74, 6) is -1.39. The Morgan fingerprint density at radius 2 is 1.92 bits per heavy atom. The molecule has 1 heterocycles. The molecule has 0 spiro atoms. The van der Waals surface area contributed by atoms with Crippen molar-refractivity contribution in [1.82, 2.24) is 4.57 Å². The maximum Gasteiger partial charge on any atom is 0.270 e. The van der Waals surface area contributed by atoms with Crippen LogP contribution < -0.4 is 5.32 Å². The number of carbonyl (C=O) groups is 1. The Morgan fingerprint density at radius 1 is 1.17 bits per heavy atom. The summed E-state index contributed by atoms with van der Waals surface area (Å²) >= 11 is 0. The number of nitro groups is 1. The van der Waals surface area contributed by atoms with Gasteiger partial charge in [0.15, 0.2) is 0 Å². The van der Waals surface area contributed by atoms with Crippen LogP contribution in [0.4, 0.5) is 15.8 Å². The zero-order valence-corrected chi connectivity index (χ0v) is 12.3. The summed E-state index contributed by atoms with van der Waals surface area (Å²) in [5, 5.41) is 13.8. The third-order valence-corrected chi connectivity index (χ3v) is 3.41. The van der Waals surface area contributed by atoms with Gasteiger partial charge in [0.05, 0.1) is 16.5 Å². The van der Waals surface area contributed by atoms with E-state index in [2.05, 4.69) is 5.32 Å². The molecular formula is C17H12FN3O3. The summed E-state index contributed by atoms with van der Waals surface area (Å²) in [6.45, 7) is 0. The number of nitrogens with one attached hydrogen (secondary N) is 1.